The second-order valence-electron chi connectivity index (χ2n) is 6.22. The van der Waals surface area contributed by atoms with Crippen molar-refractivity contribution in [1.29, 1.82) is 0 Å². The molecule has 0 N–H and O–H groups in total. The molecule has 1 saturated carbocycles. The lowest BCUT2D eigenvalue weighted by Gasteiger charge is -2.41. The van der Waals surface area contributed by atoms with Crippen LogP contribution in [0.5, 0.6) is 0 Å². The summed E-state index contributed by atoms with van der Waals surface area (Å²) in [6.45, 7) is 2.28. The molecule has 2 rings (SSSR count). The van der Waals surface area contributed by atoms with Crippen molar-refractivity contribution in [3.63, 3.8) is 0 Å². The summed E-state index contributed by atoms with van der Waals surface area (Å²) in [6.07, 6.45) is 4.44. The van der Waals surface area contributed by atoms with Crippen LogP contribution in [0.25, 0.3) is 0 Å². The lowest BCUT2D eigenvalue weighted by atomic mass is 9.80. The highest BCUT2D eigenvalue weighted by Crippen LogP contribution is 2.54. The summed E-state index contributed by atoms with van der Waals surface area (Å²) in [7, 11) is 7.89. The molecule has 2 unspecified atom stereocenters. The van der Waals surface area contributed by atoms with Gasteiger partial charge in [0.1, 0.15) is 0 Å². The Morgan fingerprint density at radius 3 is 2.56 bits per heavy atom. The lowest BCUT2D eigenvalue weighted by Crippen LogP contribution is -2.51. The highest BCUT2D eigenvalue weighted by molar-refractivity contribution is 5.80. The van der Waals surface area contributed by atoms with Gasteiger partial charge in [-0.2, -0.15) is 0 Å². The average molecular weight is 254 g/mol. The molecule has 2 atom stereocenters. The smallest absolute Gasteiger partial charge is 0.313 e. The molecule has 1 aliphatic carbocycles. The van der Waals surface area contributed by atoms with E-state index in [9.17, 15) is 4.79 Å². The SMILES string of the molecule is COC(=O)C1(C(C2CCCN(C)C2)N(C)C)CC1. The normalized spacial score (nSPS) is 29.1. The molecular formula is C14H26N2O2. The maximum atomic E-state index is 12.1. The third-order valence-electron chi connectivity index (χ3n) is 4.61. The summed E-state index contributed by atoms with van der Waals surface area (Å²) >= 11 is 0. The molecular weight excluding hydrogens is 228 g/mol. The average Bonchev–Trinajstić information content (AvgIpc) is 3.09. The number of carbonyl (C=O) groups excluding carboxylic acids is 1. The molecule has 1 heterocycles. The highest BCUT2D eigenvalue weighted by Gasteiger charge is 2.59. The number of nitrogens with zero attached hydrogens (tertiary/aromatic N) is 2. The van der Waals surface area contributed by atoms with E-state index in [0.29, 0.717) is 12.0 Å². The summed E-state index contributed by atoms with van der Waals surface area (Å²) in [5.74, 6) is 0.578. The van der Waals surface area contributed by atoms with Crippen molar-refractivity contribution in [2.24, 2.45) is 11.3 Å². The van der Waals surface area contributed by atoms with Gasteiger partial charge in [-0.1, -0.05) is 0 Å². The van der Waals surface area contributed by atoms with E-state index in [1.807, 2.05) is 0 Å². The quantitative estimate of drug-likeness (QED) is 0.706. The minimum atomic E-state index is -0.221. The van der Waals surface area contributed by atoms with Gasteiger partial charge < -0.3 is 14.5 Å². The molecule has 1 aliphatic heterocycles. The molecule has 1 saturated heterocycles. The molecule has 0 spiro atoms. The fraction of sp³-hybridized carbons (Fsp3) is 0.929. The van der Waals surface area contributed by atoms with Crippen LogP contribution in [0.3, 0.4) is 0 Å². The second-order valence-corrected chi connectivity index (χ2v) is 6.22. The number of ether oxygens (including phenoxy) is 1. The standard InChI is InChI=1S/C14H26N2O2/c1-15(2)12(11-6-5-9-16(3)10-11)14(7-8-14)13(17)18-4/h11-12H,5-10H2,1-4H3. The molecule has 0 amide bonds. The molecule has 0 aromatic carbocycles. The van der Waals surface area contributed by atoms with Gasteiger partial charge in [0.2, 0.25) is 0 Å². The molecule has 4 heteroatoms. The van der Waals surface area contributed by atoms with Crippen LogP contribution in [0.15, 0.2) is 0 Å². The van der Waals surface area contributed by atoms with Gasteiger partial charge in [-0.25, -0.2) is 0 Å². The van der Waals surface area contributed by atoms with Crippen molar-refractivity contribution in [3.05, 3.63) is 0 Å². The number of hydrogen-bond donors (Lipinski definition) is 0. The topological polar surface area (TPSA) is 32.8 Å². The van der Waals surface area contributed by atoms with Gasteiger partial charge in [-0.15, -0.1) is 0 Å². The van der Waals surface area contributed by atoms with Gasteiger partial charge in [0.25, 0.3) is 0 Å². The summed E-state index contributed by atoms with van der Waals surface area (Å²) in [5, 5.41) is 0. The minimum Gasteiger partial charge on any atom is -0.469 e. The van der Waals surface area contributed by atoms with Crippen LogP contribution >= 0.6 is 0 Å². The van der Waals surface area contributed by atoms with Crippen LogP contribution in [-0.4, -0.2) is 63.2 Å². The number of piperidine rings is 1. The number of esters is 1. The number of hydrogen-bond acceptors (Lipinski definition) is 4. The first-order valence-corrected chi connectivity index (χ1v) is 6.94. The lowest BCUT2D eigenvalue weighted by molar-refractivity contribution is -0.151. The Bertz CT molecular complexity index is 313. The Hall–Kier alpha value is -0.610. The van der Waals surface area contributed by atoms with Gasteiger partial charge in [0, 0.05) is 12.6 Å². The Morgan fingerprint density at radius 1 is 1.44 bits per heavy atom. The second kappa shape index (κ2) is 5.17. The largest absolute Gasteiger partial charge is 0.469 e. The van der Waals surface area contributed by atoms with E-state index in [1.54, 1.807) is 0 Å². The zero-order chi connectivity index (χ0) is 13.3. The fourth-order valence-electron chi connectivity index (χ4n) is 3.79. The van der Waals surface area contributed by atoms with Crippen LogP contribution in [0.1, 0.15) is 25.7 Å². The van der Waals surface area contributed by atoms with Gasteiger partial charge in [-0.05, 0) is 59.3 Å². The summed E-state index contributed by atoms with van der Waals surface area (Å²) in [4.78, 5) is 16.7. The third-order valence-corrected chi connectivity index (χ3v) is 4.61. The van der Waals surface area contributed by atoms with Gasteiger partial charge in [0.15, 0.2) is 0 Å². The number of likely N-dealkylation sites (tertiary alicyclic amines) is 1. The van der Waals surface area contributed by atoms with E-state index in [2.05, 4.69) is 30.9 Å². The maximum Gasteiger partial charge on any atom is 0.313 e. The van der Waals surface area contributed by atoms with Gasteiger partial charge >= 0.3 is 5.97 Å². The highest BCUT2D eigenvalue weighted by atomic mass is 16.5. The summed E-state index contributed by atoms with van der Waals surface area (Å²) < 4.78 is 5.05. The minimum absolute atomic E-state index is 0.00516. The summed E-state index contributed by atoms with van der Waals surface area (Å²) in [5.41, 5.74) is -0.221. The van der Waals surface area contributed by atoms with Crippen molar-refractivity contribution in [1.82, 2.24) is 9.80 Å². The van der Waals surface area contributed by atoms with Gasteiger partial charge in [0.05, 0.1) is 12.5 Å². The van der Waals surface area contributed by atoms with E-state index >= 15 is 0 Å². The van der Waals surface area contributed by atoms with Crippen LogP contribution in [0, 0.1) is 11.3 Å². The maximum absolute atomic E-state index is 12.1. The predicted molar refractivity (Wildman–Crippen MR) is 71.4 cm³/mol. The Kier molecular flexibility index (Phi) is 3.97. The summed E-state index contributed by atoms with van der Waals surface area (Å²) in [6, 6.07) is 0.327. The predicted octanol–water partition coefficient (Wildman–Crippen LogP) is 1.21. The number of rotatable bonds is 4. The Labute approximate surface area is 110 Å². The fourth-order valence-corrected chi connectivity index (χ4v) is 3.79. The Morgan fingerprint density at radius 2 is 2.11 bits per heavy atom. The van der Waals surface area contributed by atoms with Crippen LogP contribution in [0.4, 0.5) is 0 Å². The Balaban J connectivity index is 2.16. The first kappa shape index (κ1) is 13.8. The molecule has 18 heavy (non-hydrogen) atoms. The third kappa shape index (κ3) is 2.41. The first-order valence-electron chi connectivity index (χ1n) is 6.94. The van der Waals surface area contributed by atoms with E-state index in [4.69, 9.17) is 4.74 Å². The number of carbonyl (C=O) groups is 1. The van der Waals surface area contributed by atoms with E-state index in [1.165, 1.54) is 26.5 Å². The van der Waals surface area contributed by atoms with Crippen molar-refractivity contribution in [3.8, 4) is 0 Å². The van der Waals surface area contributed by atoms with Crippen LogP contribution in [-0.2, 0) is 9.53 Å². The first-order chi connectivity index (χ1) is 8.51. The molecule has 0 bridgehead atoms. The number of methoxy groups -OCH3 is 1. The molecule has 0 radical (unpaired) electrons. The van der Waals surface area contributed by atoms with Crippen molar-refractivity contribution in [2.45, 2.75) is 31.7 Å². The zero-order valence-corrected chi connectivity index (χ0v) is 12.1. The zero-order valence-electron chi connectivity index (χ0n) is 12.1. The van der Waals surface area contributed by atoms with Crippen molar-refractivity contribution < 1.29 is 9.53 Å². The van der Waals surface area contributed by atoms with E-state index in [0.717, 1.165) is 19.4 Å². The van der Waals surface area contributed by atoms with Gasteiger partial charge in [-0.3, -0.25) is 4.79 Å². The molecule has 2 fully saturated rings. The molecule has 104 valence electrons. The molecule has 0 aromatic heterocycles. The molecule has 2 aliphatic rings. The van der Waals surface area contributed by atoms with Crippen LogP contribution < -0.4 is 0 Å². The van der Waals surface area contributed by atoms with E-state index in [-0.39, 0.29) is 11.4 Å². The van der Waals surface area contributed by atoms with Crippen LogP contribution in [0.2, 0.25) is 0 Å². The monoisotopic (exact) mass is 254 g/mol. The van der Waals surface area contributed by atoms with E-state index < -0.39 is 0 Å². The molecule has 0 aromatic rings. The molecule has 4 nitrogen and oxygen atoms in total. The van der Waals surface area contributed by atoms with Crippen molar-refractivity contribution in [2.75, 3.05) is 41.3 Å². The van der Waals surface area contributed by atoms with Crippen molar-refractivity contribution >= 4 is 5.97 Å².